The fourth-order valence-electron chi connectivity index (χ4n) is 0.867. The first kappa shape index (κ1) is 8.84. The number of hydrogen-bond donors (Lipinski definition) is 0. The normalized spacial score (nSPS) is 9.64. The van der Waals surface area contributed by atoms with Gasteiger partial charge in [-0.2, -0.15) is 0 Å². The maximum Gasteiger partial charge on any atom is 0.122 e. The van der Waals surface area contributed by atoms with Gasteiger partial charge in [0, 0.05) is 4.43 Å². The summed E-state index contributed by atoms with van der Waals surface area (Å²) in [5.74, 6) is 1.00. The van der Waals surface area contributed by atoms with Crippen LogP contribution in [0.5, 0.6) is 5.75 Å². The quantitative estimate of drug-likeness (QED) is 0.601. The minimum Gasteiger partial charge on any atom is -0.493 e. The van der Waals surface area contributed by atoms with Crippen molar-refractivity contribution in [3.63, 3.8) is 0 Å². The molecule has 0 aliphatic rings. The molecule has 0 saturated carbocycles. The van der Waals surface area contributed by atoms with E-state index in [1.165, 1.54) is 5.56 Å². The number of alkyl halides is 1. The number of rotatable bonds is 3. The summed E-state index contributed by atoms with van der Waals surface area (Å²) in [6.45, 7) is 2.86. The molecule has 0 aliphatic carbocycles. The van der Waals surface area contributed by atoms with Gasteiger partial charge in [0.2, 0.25) is 0 Å². The molecule has 0 fully saturated rings. The first-order chi connectivity index (χ1) is 5.34. The zero-order valence-electron chi connectivity index (χ0n) is 6.51. The fourth-order valence-corrected chi connectivity index (χ4v) is 1.09. The van der Waals surface area contributed by atoms with Crippen LogP contribution in [0.2, 0.25) is 0 Å². The fraction of sp³-hybridized carbons (Fsp3) is 0.333. The number of halogens is 1. The van der Waals surface area contributed by atoms with Crippen LogP contribution in [0.25, 0.3) is 0 Å². The highest BCUT2D eigenvalue weighted by Crippen LogP contribution is 2.15. The first-order valence-electron chi connectivity index (χ1n) is 3.59. The molecule has 1 aromatic rings. The molecule has 1 aromatic carbocycles. The molecule has 0 atom stereocenters. The van der Waals surface area contributed by atoms with E-state index < -0.39 is 0 Å². The SMILES string of the molecule is Cc1ccccc1OCCI. The second-order valence-electron chi connectivity index (χ2n) is 2.30. The van der Waals surface area contributed by atoms with Crippen molar-refractivity contribution in [2.24, 2.45) is 0 Å². The molecule has 60 valence electrons. The third-order valence-corrected chi connectivity index (χ3v) is 1.87. The highest BCUT2D eigenvalue weighted by atomic mass is 127. The Balaban J connectivity index is 2.62. The summed E-state index contributed by atoms with van der Waals surface area (Å²) < 4.78 is 6.51. The minimum absolute atomic E-state index is 0.797. The molecule has 0 heterocycles. The van der Waals surface area contributed by atoms with Gasteiger partial charge in [0.05, 0.1) is 6.61 Å². The number of aryl methyl sites for hydroxylation is 1. The van der Waals surface area contributed by atoms with Crippen molar-refractivity contribution in [2.75, 3.05) is 11.0 Å². The summed E-state index contributed by atoms with van der Waals surface area (Å²) in [6.07, 6.45) is 0. The van der Waals surface area contributed by atoms with E-state index in [-0.39, 0.29) is 0 Å². The number of para-hydroxylation sites is 1. The van der Waals surface area contributed by atoms with Gasteiger partial charge in [-0.15, -0.1) is 0 Å². The number of hydrogen-bond acceptors (Lipinski definition) is 1. The molecule has 0 spiro atoms. The lowest BCUT2D eigenvalue weighted by Crippen LogP contribution is -1.98. The second kappa shape index (κ2) is 4.59. The van der Waals surface area contributed by atoms with Gasteiger partial charge in [-0.3, -0.25) is 0 Å². The van der Waals surface area contributed by atoms with Crippen molar-refractivity contribution in [1.82, 2.24) is 0 Å². The molecule has 1 nitrogen and oxygen atoms in total. The largest absolute Gasteiger partial charge is 0.493 e. The molecule has 1 rings (SSSR count). The third kappa shape index (κ3) is 2.69. The highest BCUT2D eigenvalue weighted by molar-refractivity contribution is 14.1. The van der Waals surface area contributed by atoms with Gasteiger partial charge in [-0.25, -0.2) is 0 Å². The molecule has 0 radical (unpaired) electrons. The molecule has 0 N–H and O–H groups in total. The Morgan fingerprint density at radius 3 is 2.73 bits per heavy atom. The Kier molecular flexibility index (Phi) is 3.69. The lowest BCUT2D eigenvalue weighted by atomic mass is 10.2. The Morgan fingerprint density at radius 2 is 2.09 bits per heavy atom. The van der Waals surface area contributed by atoms with Crippen LogP contribution in [-0.2, 0) is 0 Å². The maximum atomic E-state index is 5.48. The molecule has 11 heavy (non-hydrogen) atoms. The maximum absolute atomic E-state index is 5.48. The second-order valence-corrected chi connectivity index (χ2v) is 3.38. The lowest BCUT2D eigenvalue weighted by Gasteiger charge is -2.05. The van der Waals surface area contributed by atoms with Crippen LogP contribution >= 0.6 is 22.6 Å². The standard InChI is InChI=1S/C9H11IO/c1-8-4-2-3-5-9(8)11-7-6-10/h2-5H,6-7H2,1H3. The predicted octanol–water partition coefficient (Wildman–Crippen LogP) is 2.81. The van der Waals surface area contributed by atoms with Gasteiger partial charge in [0.1, 0.15) is 5.75 Å². The van der Waals surface area contributed by atoms with Crippen molar-refractivity contribution in [1.29, 1.82) is 0 Å². The third-order valence-electron chi connectivity index (χ3n) is 1.43. The molecular weight excluding hydrogens is 251 g/mol. The summed E-state index contributed by atoms with van der Waals surface area (Å²) in [4.78, 5) is 0. The molecule has 0 aliphatic heterocycles. The molecule has 0 bridgehead atoms. The summed E-state index contributed by atoms with van der Waals surface area (Å²) in [5.41, 5.74) is 1.21. The number of ether oxygens (including phenoxy) is 1. The van der Waals surface area contributed by atoms with Crippen molar-refractivity contribution < 1.29 is 4.74 Å². The Morgan fingerprint density at radius 1 is 1.36 bits per heavy atom. The Bertz CT molecular complexity index is 223. The van der Waals surface area contributed by atoms with Crippen LogP contribution in [0.3, 0.4) is 0 Å². The van der Waals surface area contributed by atoms with Crippen LogP contribution in [0.15, 0.2) is 24.3 Å². The van der Waals surface area contributed by atoms with Gasteiger partial charge in [-0.05, 0) is 18.6 Å². The van der Waals surface area contributed by atoms with Gasteiger partial charge >= 0.3 is 0 Å². The van der Waals surface area contributed by atoms with E-state index in [2.05, 4.69) is 35.6 Å². The zero-order valence-corrected chi connectivity index (χ0v) is 8.67. The van der Waals surface area contributed by atoms with Crippen LogP contribution in [0.1, 0.15) is 5.56 Å². The van der Waals surface area contributed by atoms with Crippen LogP contribution in [-0.4, -0.2) is 11.0 Å². The van der Waals surface area contributed by atoms with Crippen molar-refractivity contribution in [3.8, 4) is 5.75 Å². The summed E-state index contributed by atoms with van der Waals surface area (Å²) in [5, 5.41) is 0. The molecule has 2 heteroatoms. The van der Waals surface area contributed by atoms with Gasteiger partial charge in [-0.1, -0.05) is 40.8 Å². The summed E-state index contributed by atoms with van der Waals surface area (Å²) >= 11 is 2.30. The molecule has 0 amide bonds. The summed E-state index contributed by atoms with van der Waals surface area (Å²) in [7, 11) is 0. The van der Waals surface area contributed by atoms with E-state index in [1.807, 2.05) is 18.2 Å². The van der Waals surface area contributed by atoms with E-state index in [1.54, 1.807) is 0 Å². The molecule has 0 unspecified atom stereocenters. The monoisotopic (exact) mass is 262 g/mol. The van der Waals surface area contributed by atoms with Gasteiger partial charge in [0.15, 0.2) is 0 Å². The topological polar surface area (TPSA) is 9.23 Å². The average Bonchev–Trinajstić information content (AvgIpc) is 2.03. The van der Waals surface area contributed by atoms with Gasteiger partial charge < -0.3 is 4.74 Å². The Hall–Kier alpha value is -0.250. The first-order valence-corrected chi connectivity index (χ1v) is 5.11. The van der Waals surface area contributed by atoms with Crippen molar-refractivity contribution >= 4 is 22.6 Å². The van der Waals surface area contributed by atoms with Crippen LogP contribution in [0, 0.1) is 6.92 Å². The van der Waals surface area contributed by atoms with Crippen molar-refractivity contribution in [2.45, 2.75) is 6.92 Å². The lowest BCUT2D eigenvalue weighted by molar-refractivity contribution is 0.344. The van der Waals surface area contributed by atoms with E-state index >= 15 is 0 Å². The summed E-state index contributed by atoms with van der Waals surface area (Å²) in [6, 6.07) is 8.08. The van der Waals surface area contributed by atoms with Crippen molar-refractivity contribution in [3.05, 3.63) is 29.8 Å². The average molecular weight is 262 g/mol. The predicted molar refractivity (Wildman–Crippen MR) is 55.6 cm³/mol. The van der Waals surface area contributed by atoms with E-state index in [0.29, 0.717) is 0 Å². The highest BCUT2D eigenvalue weighted by Gasteiger charge is 1.94. The van der Waals surface area contributed by atoms with E-state index in [4.69, 9.17) is 4.74 Å². The molecule has 0 saturated heterocycles. The smallest absolute Gasteiger partial charge is 0.122 e. The van der Waals surface area contributed by atoms with Crippen LogP contribution in [0.4, 0.5) is 0 Å². The van der Waals surface area contributed by atoms with Gasteiger partial charge in [0.25, 0.3) is 0 Å². The molecule has 0 aromatic heterocycles. The van der Waals surface area contributed by atoms with E-state index in [0.717, 1.165) is 16.8 Å². The number of benzene rings is 1. The minimum atomic E-state index is 0.797. The zero-order chi connectivity index (χ0) is 8.10. The van der Waals surface area contributed by atoms with E-state index in [9.17, 15) is 0 Å². The Labute approximate surface area is 80.9 Å². The molecular formula is C9H11IO. The van der Waals surface area contributed by atoms with Crippen LogP contribution < -0.4 is 4.74 Å².